The first-order valence-corrected chi connectivity index (χ1v) is 8.14. The second-order valence-electron chi connectivity index (χ2n) is 6.97. The summed E-state index contributed by atoms with van der Waals surface area (Å²) in [5.41, 5.74) is 4.82. The van der Waals surface area contributed by atoms with Crippen LogP contribution in [0.4, 0.5) is 22.0 Å². The molecule has 1 aliphatic heterocycles. The van der Waals surface area contributed by atoms with E-state index in [1.54, 1.807) is 25.7 Å². The Kier molecular flexibility index (Phi) is 5.50. The number of piperazine rings is 1. The van der Waals surface area contributed by atoms with E-state index < -0.39 is 22.7 Å². The van der Waals surface area contributed by atoms with Gasteiger partial charge in [-0.25, -0.2) is 9.78 Å². The molecule has 0 aromatic carbocycles. The summed E-state index contributed by atoms with van der Waals surface area (Å²) in [6.07, 6.45) is 0.968. The van der Waals surface area contributed by atoms with Crippen LogP contribution in [0, 0.1) is 21.4 Å². The minimum atomic E-state index is -0.653. The van der Waals surface area contributed by atoms with Crippen LogP contribution >= 0.6 is 0 Å². The molecule has 2 heterocycles. The number of nitriles is 1. The molecule has 1 atom stereocenters. The summed E-state index contributed by atoms with van der Waals surface area (Å²) in [7, 11) is 0. The fourth-order valence-corrected chi connectivity index (χ4v) is 2.76. The van der Waals surface area contributed by atoms with Crippen LogP contribution in [-0.2, 0) is 4.74 Å². The maximum absolute atomic E-state index is 12.4. The van der Waals surface area contributed by atoms with Crippen LogP contribution in [0.2, 0.25) is 0 Å². The zero-order chi connectivity index (χ0) is 19.5. The molecule has 0 bridgehead atoms. The number of hydrogen-bond acceptors (Lipinski definition) is 8. The first-order valence-electron chi connectivity index (χ1n) is 8.14. The van der Waals surface area contributed by atoms with Crippen LogP contribution in [0.25, 0.3) is 0 Å². The Bertz CT molecular complexity index is 739. The SMILES string of the molecule is CC(C)(C)OC(=O)N1CCN(c2nccc(N)c2[N+](=O)[O-])CC1CC#N. The second-order valence-corrected chi connectivity index (χ2v) is 6.97. The zero-order valence-electron chi connectivity index (χ0n) is 15.0. The first kappa shape index (κ1) is 19.2. The highest BCUT2D eigenvalue weighted by molar-refractivity contribution is 5.73. The fraction of sp³-hybridized carbons (Fsp3) is 0.562. The van der Waals surface area contributed by atoms with E-state index in [2.05, 4.69) is 11.1 Å². The Hall–Kier alpha value is -3.09. The number of nitro groups is 1. The lowest BCUT2D eigenvalue weighted by molar-refractivity contribution is -0.383. The van der Waals surface area contributed by atoms with Crippen LogP contribution in [0.3, 0.4) is 0 Å². The van der Waals surface area contributed by atoms with E-state index in [4.69, 9.17) is 15.7 Å². The van der Waals surface area contributed by atoms with Crippen molar-refractivity contribution in [3.8, 4) is 6.07 Å². The van der Waals surface area contributed by atoms with Gasteiger partial charge in [0.2, 0.25) is 5.82 Å². The number of anilines is 2. The number of pyridine rings is 1. The quantitative estimate of drug-likeness (QED) is 0.635. The number of rotatable bonds is 3. The van der Waals surface area contributed by atoms with Gasteiger partial charge >= 0.3 is 11.8 Å². The highest BCUT2D eigenvalue weighted by Gasteiger charge is 2.36. The fourth-order valence-electron chi connectivity index (χ4n) is 2.76. The predicted octanol–water partition coefficient (Wildman–Crippen LogP) is 1.91. The van der Waals surface area contributed by atoms with Crippen LogP contribution in [0.15, 0.2) is 12.3 Å². The first-order chi connectivity index (χ1) is 12.1. The Morgan fingerprint density at radius 1 is 1.54 bits per heavy atom. The van der Waals surface area contributed by atoms with Gasteiger partial charge in [0.1, 0.15) is 11.3 Å². The maximum atomic E-state index is 12.4. The van der Waals surface area contributed by atoms with E-state index in [0.29, 0.717) is 6.54 Å². The van der Waals surface area contributed by atoms with Crippen molar-refractivity contribution in [2.45, 2.75) is 38.8 Å². The molecule has 140 valence electrons. The number of nitrogen functional groups attached to an aromatic ring is 1. The summed E-state index contributed by atoms with van der Waals surface area (Å²) in [6.45, 7) is 6.10. The van der Waals surface area contributed by atoms with E-state index in [-0.39, 0.29) is 36.7 Å². The number of aromatic nitrogens is 1. The molecule has 1 amide bonds. The van der Waals surface area contributed by atoms with Gasteiger partial charge < -0.3 is 20.3 Å². The Morgan fingerprint density at radius 2 is 2.23 bits per heavy atom. The van der Waals surface area contributed by atoms with Crippen LogP contribution in [-0.4, -0.2) is 52.2 Å². The minimum Gasteiger partial charge on any atom is -0.444 e. The summed E-state index contributed by atoms with van der Waals surface area (Å²) >= 11 is 0. The Labute approximate surface area is 151 Å². The Balaban J connectivity index is 2.26. The normalized spacial score (nSPS) is 17.5. The number of carbonyl (C=O) groups excluding carboxylic acids is 1. The molecule has 1 aliphatic rings. The third-order valence-electron chi connectivity index (χ3n) is 3.86. The molecule has 0 radical (unpaired) electrons. The van der Waals surface area contributed by atoms with Crippen molar-refractivity contribution >= 4 is 23.3 Å². The molecule has 0 saturated carbocycles. The molecule has 1 fully saturated rings. The van der Waals surface area contributed by atoms with Gasteiger partial charge in [-0.1, -0.05) is 0 Å². The van der Waals surface area contributed by atoms with Crippen molar-refractivity contribution < 1.29 is 14.5 Å². The van der Waals surface area contributed by atoms with Crippen molar-refractivity contribution in [1.82, 2.24) is 9.88 Å². The number of hydrogen-bond donors (Lipinski definition) is 1. The molecule has 0 spiro atoms. The predicted molar refractivity (Wildman–Crippen MR) is 94.5 cm³/mol. The topological polar surface area (TPSA) is 139 Å². The van der Waals surface area contributed by atoms with Crippen molar-refractivity contribution in [1.29, 1.82) is 5.26 Å². The van der Waals surface area contributed by atoms with Crippen molar-refractivity contribution in [2.24, 2.45) is 0 Å². The van der Waals surface area contributed by atoms with Gasteiger partial charge in [0.05, 0.1) is 23.5 Å². The maximum Gasteiger partial charge on any atom is 0.410 e. The molecule has 1 unspecified atom stereocenters. The monoisotopic (exact) mass is 362 g/mol. The van der Waals surface area contributed by atoms with E-state index in [9.17, 15) is 14.9 Å². The van der Waals surface area contributed by atoms with Crippen LogP contribution in [0.5, 0.6) is 0 Å². The Morgan fingerprint density at radius 3 is 2.81 bits per heavy atom. The highest BCUT2D eigenvalue weighted by atomic mass is 16.6. The van der Waals surface area contributed by atoms with E-state index in [0.717, 1.165) is 0 Å². The summed E-state index contributed by atoms with van der Waals surface area (Å²) in [5.74, 6) is 0.141. The lowest BCUT2D eigenvalue weighted by atomic mass is 10.1. The molecule has 1 aromatic rings. The van der Waals surface area contributed by atoms with Gasteiger partial charge in [-0.05, 0) is 26.8 Å². The highest BCUT2D eigenvalue weighted by Crippen LogP contribution is 2.33. The van der Waals surface area contributed by atoms with E-state index in [1.807, 2.05) is 0 Å². The number of amides is 1. The molecular weight excluding hydrogens is 340 g/mol. The third-order valence-corrected chi connectivity index (χ3v) is 3.86. The van der Waals surface area contributed by atoms with Gasteiger partial charge in [0.25, 0.3) is 0 Å². The standard InChI is InChI=1S/C16H22N6O4/c1-16(2,3)26-15(23)21-9-8-20(10-11(21)4-6-17)14-13(22(24)25)12(18)5-7-19-14/h5,7,11H,4,8-10H2,1-3H3,(H2,18,19). The number of ether oxygens (including phenoxy) is 1. The molecule has 10 heteroatoms. The minimum absolute atomic E-state index is 0.0198. The summed E-state index contributed by atoms with van der Waals surface area (Å²) in [5, 5.41) is 20.4. The number of carbonyl (C=O) groups is 1. The van der Waals surface area contributed by atoms with E-state index >= 15 is 0 Å². The van der Waals surface area contributed by atoms with Gasteiger partial charge in [0.15, 0.2) is 0 Å². The lowest BCUT2D eigenvalue weighted by Gasteiger charge is -2.41. The van der Waals surface area contributed by atoms with Crippen molar-refractivity contribution in [2.75, 3.05) is 30.3 Å². The number of nitrogens with zero attached hydrogens (tertiary/aromatic N) is 5. The second kappa shape index (κ2) is 7.43. The van der Waals surface area contributed by atoms with Gasteiger partial charge in [0, 0.05) is 25.8 Å². The third kappa shape index (κ3) is 4.30. The zero-order valence-corrected chi connectivity index (χ0v) is 15.0. The molecule has 0 aliphatic carbocycles. The van der Waals surface area contributed by atoms with Gasteiger partial charge in [-0.15, -0.1) is 0 Å². The molecule has 1 saturated heterocycles. The summed E-state index contributed by atoms with van der Waals surface area (Å²) in [6, 6.07) is 2.95. The largest absolute Gasteiger partial charge is 0.444 e. The number of nitrogens with two attached hydrogens (primary N) is 1. The average molecular weight is 362 g/mol. The van der Waals surface area contributed by atoms with Crippen LogP contribution < -0.4 is 10.6 Å². The molecular formula is C16H22N6O4. The molecule has 2 N–H and O–H groups in total. The molecule has 2 rings (SSSR count). The van der Waals surface area contributed by atoms with Gasteiger partial charge in [-0.3, -0.25) is 10.1 Å². The van der Waals surface area contributed by atoms with Crippen LogP contribution in [0.1, 0.15) is 27.2 Å². The summed E-state index contributed by atoms with van der Waals surface area (Å²) in [4.78, 5) is 30.4. The van der Waals surface area contributed by atoms with Crippen molar-refractivity contribution in [3.63, 3.8) is 0 Å². The molecule has 1 aromatic heterocycles. The molecule has 26 heavy (non-hydrogen) atoms. The van der Waals surface area contributed by atoms with E-state index in [1.165, 1.54) is 17.2 Å². The van der Waals surface area contributed by atoms with Gasteiger partial charge in [-0.2, -0.15) is 5.26 Å². The van der Waals surface area contributed by atoms with Crippen molar-refractivity contribution in [3.05, 3.63) is 22.4 Å². The lowest BCUT2D eigenvalue weighted by Crippen LogP contribution is -2.56. The average Bonchev–Trinajstić information content (AvgIpc) is 2.52. The summed E-state index contributed by atoms with van der Waals surface area (Å²) < 4.78 is 5.39. The molecule has 10 nitrogen and oxygen atoms in total. The smallest absolute Gasteiger partial charge is 0.410 e.